The maximum atomic E-state index is 13.5. The summed E-state index contributed by atoms with van der Waals surface area (Å²) in [6.07, 6.45) is 1.53. The van der Waals surface area contributed by atoms with Crippen LogP contribution >= 0.6 is 0 Å². The molecule has 1 aliphatic rings. The summed E-state index contributed by atoms with van der Waals surface area (Å²) in [6, 6.07) is 3.84. The van der Waals surface area contributed by atoms with Gasteiger partial charge in [-0.25, -0.2) is 9.59 Å². The number of likely N-dealkylation sites (tertiary alicyclic amines) is 1. The van der Waals surface area contributed by atoms with Crippen molar-refractivity contribution in [2.24, 2.45) is 11.7 Å². The number of carbonyl (C=O) groups excluding carboxylic acids is 8. The minimum atomic E-state index is -1.04. The number of ether oxygens (including phenoxy) is 5. The van der Waals surface area contributed by atoms with Gasteiger partial charge in [0, 0.05) is 44.2 Å². The summed E-state index contributed by atoms with van der Waals surface area (Å²) in [5.74, 6) is -2.78. The lowest BCUT2D eigenvalue weighted by atomic mass is 10.0. The van der Waals surface area contributed by atoms with E-state index >= 15 is 0 Å². The van der Waals surface area contributed by atoms with Crippen molar-refractivity contribution >= 4 is 53.3 Å². The first-order valence-corrected chi connectivity index (χ1v) is 20.0. The fourth-order valence-electron chi connectivity index (χ4n) is 5.57. The molecule has 0 bridgehead atoms. The first-order chi connectivity index (χ1) is 28.7. The third-order valence-electron chi connectivity index (χ3n) is 8.75. The molecule has 0 spiro atoms. The number of amides is 8. The Labute approximate surface area is 350 Å². The molecule has 1 fully saturated rings. The largest absolute Gasteiger partial charge is 0.463 e. The summed E-state index contributed by atoms with van der Waals surface area (Å²) < 4.78 is 26.0. The zero-order valence-electron chi connectivity index (χ0n) is 34.8. The number of hydrogen-bond acceptors (Lipinski definition) is 13. The third-order valence-corrected chi connectivity index (χ3v) is 8.75. The van der Waals surface area contributed by atoms with Crippen molar-refractivity contribution in [1.29, 1.82) is 0 Å². The van der Waals surface area contributed by atoms with Gasteiger partial charge >= 0.3 is 18.1 Å². The van der Waals surface area contributed by atoms with Crippen molar-refractivity contribution in [3.8, 4) is 0 Å². The second kappa shape index (κ2) is 28.8. The number of alkyl carbamates (subject to hydrolysis) is 1. The van der Waals surface area contributed by atoms with Gasteiger partial charge in [0.1, 0.15) is 25.3 Å². The van der Waals surface area contributed by atoms with Gasteiger partial charge in [0.25, 0.3) is 5.91 Å². The molecule has 1 aromatic rings. The molecule has 60 heavy (non-hydrogen) atoms. The van der Waals surface area contributed by atoms with Crippen LogP contribution in [0.25, 0.3) is 0 Å². The normalized spacial score (nSPS) is 13.4. The highest BCUT2D eigenvalue weighted by Crippen LogP contribution is 2.18. The van der Waals surface area contributed by atoms with E-state index in [2.05, 4.69) is 33.2 Å². The number of benzene rings is 1. The van der Waals surface area contributed by atoms with Crippen molar-refractivity contribution in [3.05, 3.63) is 42.0 Å². The lowest BCUT2D eigenvalue weighted by Crippen LogP contribution is -2.54. The molecular weight excluding hydrogens is 786 g/mol. The number of unbranched alkanes of at least 4 members (excludes halogenated alkanes) is 2. The van der Waals surface area contributed by atoms with E-state index in [1.165, 1.54) is 11.8 Å². The fourth-order valence-corrected chi connectivity index (χ4v) is 5.57. The molecule has 0 saturated carbocycles. The highest BCUT2D eigenvalue weighted by molar-refractivity contribution is 6.12. The number of nitrogens with zero attached hydrogens (tertiary/aromatic N) is 1. The maximum Gasteiger partial charge on any atom is 0.407 e. The lowest BCUT2D eigenvalue weighted by Gasteiger charge is -2.25. The molecule has 20 nitrogen and oxygen atoms in total. The average molecular weight is 848 g/mol. The van der Waals surface area contributed by atoms with Crippen LogP contribution in [0.1, 0.15) is 71.3 Å². The van der Waals surface area contributed by atoms with Crippen LogP contribution in [0.2, 0.25) is 0 Å². The molecule has 334 valence electrons. The smallest absolute Gasteiger partial charge is 0.407 e. The molecule has 8 amide bonds. The van der Waals surface area contributed by atoms with E-state index in [1.54, 1.807) is 38.1 Å². The third kappa shape index (κ3) is 21.4. The molecule has 1 saturated heterocycles. The Balaban J connectivity index is 1.77. The lowest BCUT2D eigenvalue weighted by molar-refractivity contribution is -0.142. The van der Waals surface area contributed by atoms with Gasteiger partial charge in [-0.2, -0.15) is 0 Å². The van der Waals surface area contributed by atoms with Crippen LogP contribution < -0.4 is 32.3 Å². The summed E-state index contributed by atoms with van der Waals surface area (Å²) in [5.41, 5.74) is 6.49. The molecule has 0 radical (unpaired) electrons. The molecule has 0 aromatic heterocycles. The Bertz CT molecular complexity index is 1590. The number of imide groups is 1. The average Bonchev–Trinajstić information content (AvgIpc) is 3.44. The number of nitrogens with two attached hydrogens (primary N) is 1. The SMILES string of the molecule is C=C1CC(=O)N(CCCCCC(=O)N[C@H](C(=O)N[C@@H](CCCNC(N)=O)C(=O)Nc2ccc(COC(=O)NCCOCCOCCOCCOC(C)=O)cc2)C(C)C)C1=O. The van der Waals surface area contributed by atoms with Crippen molar-refractivity contribution in [3.63, 3.8) is 0 Å². The van der Waals surface area contributed by atoms with Crippen molar-refractivity contribution in [2.45, 2.75) is 84.4 Å². The van der Waals surface area contributed by atoms with E-state index in [0.717, 1.165) is 0 Å². The summed E-state index contributed by atoms with van der Waals surface area (Å²) in [4.78, 5) is 98.8. The topological polar surface area (TPSA) is 272 Å². The van der Waals surface area contributed by atoms with E-state index in [1.807, 2.05) is 0 Å². The Morgan fingerprint density at radius 1 is 0.783 bits per heavy atom. The molecule has 20 heteroatoms. The van der Waals surface area contributed by atoms with Gasteiger partial charge < -0.3 is 56.0 Å². The zero-order valence-corrected chi connectivity index (χ0v) is 34.8. The molecule has 2 rings (SSSR count). The van der Waals surface area contributed by atoms with Crippen molar-refractivity contribution in [2.75, 3.05) is 71.2 Å². The van der Waals surface area contributed by atoms with E-state index < -0.39 is 36.0 Å². The number of rotatable bonds is 30. The fraction of sp³-hybridized carbons (Fsp3) is 0.600. The van der Waals surface area contributed by atoms with Gasteiger partial charge in [-0.15, -0.1) is 0 Å². The van der Waals surface area contributed by atoms with Gasteiger partial charge in [0.15, 0.2) is 0 Å². The second-order valence-corrected chi connectivity index (χ2v) is 14.1. The predicted octanol–water partition coefficient (Wildman–Crippen LogP) is 1.41. The Hall–Kier alpha value is -5.60. The number of anilines is 1. The highest BCUT2D eigenvalue weighted by Gasteiger charge is 2.32. The predicted molar refractivity (Wildman–Crippen MR) is 217 cm³/mol. The van der Waals surface area contributed by atoms with Crippen LogP contribution in [0.3, 0.4) is 0 Å². The van der Waals surface area contributed by atoms with Crippen LogP contribution in [-0.2, 0) is 59.1 Å². The Morgan fingerprint density at radius 3 is 2.03 bits per heavy atom. The van der Waals surface area contributed by atoms with Crippen molar-refractivity contribution in [1.82, 2.24) is 26.2 Å². The second-order valence-electron chi connectivity index (χ2n) is 14.1. The first-order valence-electron chi connectivity index (χ1n) is 20.0. The van der Waals surface area contributed by atoms with Gasteiger partial charge in [0.05, 0.1) is 46.1 Å². The highest BCUT2D eigenvalue weighted by atomic mass is 16.6. The molecule has 2 atom stereocenters. The molecule has 0 aliphatic carbocycles. The standard InChI is InChI=1S/C40H61N7O13/c1-27(2)35(46-33(49)10-6-5-7-17-47-34(50)25-28(3)38(47)53)37(52)45-32(9-8-15-42-39(41)54)36(51)44-31-13-11-30(12-14-31)26-60-40(55)43-16-18-56-19-20-57-21-22-58-23-24-59-29(4)48/h11-14,27,32,35H,3,5-10,15-26H2,1-2,4H3,(H,43,55)(H,44,51)(H,45,52)(H,46,49)(H3,41,42,54)/t32-,35-/m0/s1. The van der Waals surface area contributed by atoms with E-state index in [9.17, 15) is 38.4 Å². The summed E-state index contributed by atoms with van der Waals surface area (Å²) in [5, 5.41) is 13.3. The Kier molecular flexibility index (Phi) is 24.2. The van der Waals surface area contributed by atoms with E-state index in [-0.39, 0.29) is 93.9 Å². The Morgan fingerprint density at radius 2 is 1.43 bits per heavy atom. The minimum absolute atomic E-state index is 0.0270. The van der Waals surface area contributed by atoms with Crippen LogP contribution in [0.15, 0.2) is 36.4 Å². The summed E-state index contributed by atoms with van der Waals surface area (Å²) in [7, 11) is 0. The quantitative estimate of drug-likeness (QED) is 0.0277. The number of esters is 1. The molecule has 1 aromatic carbocycles. The number of nitrogens with one attached hydrogen (secondary N) is 5. The van der Waals surface area contributed by atoms with Gasteiger partial charge in [0.2, 0.25) is 23.6 Å². The van der Waals surface area contributed by atoms with Crippen LogP contribution in [0.5, 0.6) is 0 Å². The van der Waals surface area contributed by atoms with Crippen molar-refractivity contribution < 1.29 is 62.0 Å². The number of urea groups is 1. The van der Waals surface area contributed by atoms with E-state index in [0.29, 0.717) is 70.0 Å². The van der Waals surface area contributed by atoms with Crippen LogP contribution in [-0.4, -0.2) is 130 Å². The van der Waals surface area contributed by atoms with Crippen LogP contribution in [0, 0.1) is 5.92 Å². The molecular formula is C40H61N7O13. The number of hydrogen-bond donors (Lipinski definition) is 6. The molecule has 1 aliphatic heterocycles. The van der Waals surface area contributed by atoms with Gasteiger partial charge in [-0.1, -0.05) is 39.0 Å². The summed E-state index contributed by atoms with van der Waals surface area (Å²) in [6.45, 7) is 11.1. The van der Waals surface area contributed by atoms with Gasteiger partial charge in [-0.05, 0) is 49.3 Å². The monoisotopic (exact) mass is 847 g/mol. The first kappa shape index (κ1) is 50.5. The maximum absolute atomic E-state index is 13.5. The zero-order chi connectivity index (χ0) is 44.3. The number of primary amides is 1. The molecule has 7 N–H and O–H groups in total. The molecule has 0 unspecified atom stereocenters. The number of carbonyl (C=O) groups is 8. The van der Waals surface area contributed by atoms with Gasteiger partial charge in [-0.3, -0.25) is 33.7 Å². The minimum Gasteiger partial charge on any atom is -0.463 e. The van der Waals surface area contributed by atoms with E-state index in [4.69, 9.17) is 29.4 Å². The molecule has 1 heterocycles. The summed E-state index contributed by atoms with van der Waals surface area (Å²) >= 11 is 0. The van der Waals surface area contributed by atoms with Crippen LogP contribution in [0.4, 0.5) is 15.3 Å².